The number of nitrogens with zero attached hydrogens (tertiary/aromatic N) is 1. The second-order valence-electron chi connectivity index (χ2n) is 7.74. The Bertz CT molecular complexity index is 769. The van der Waals surface area contributed by atoms with Crippen molar-refractivity contribution in [3.63, 3.8) is 0 Å². The lowest BCUT2D eigenvalue weighted by Gasteiger charge is -2.32. The summed E-state index contributed by atoms with van der Waals surface area (Å²) >= 11 is 0. The van der Waals surface area contributed by atoms with Crippen LogP contribution in [0.4, 0.5) is 11.4 Å². The third-order valence-electron chi connectivity index (χ3n) is 6.05. The van der Waals surface area contributed by atoms with E-state index in [1.165, 1.54) is 6.07 Å². The Labute approximate surface area is 140 Å². The zero-order valence-corrected chi connectivity index (χ0v) is 14.4. The largest absolute Gasteiger partial charge is 0.319 e. The molecule has 0 radical (unpaired) electrons. The van der Waals surface area contributed by atoms with E-state index in [1.807, 2.05) is 20.8 Å². The molecule has 0 saturated heterocycles. The van der Waals surface area contributed by atoms with Crippen LogP contribution in [0, 0.1) is 40.7 Å². The molecular formula is C18H22N2O4. The first-order valence-electron chi connectivity index (χ1n) is 8.21. The Morgan fingerprint density at radius 1 is 1.29 bits per heavy atom. The molecule has 1 amide bonds. The van der Waals surface area contributed by atoms with Gasteiger partial charge in [0.1, 0.15) is 11.1 Å². The van der Waals surface area contributed by atoms with E-state index in [-0.39, 0.29) is 23.1 Å². The van der Waals surface area contributed by atoms with Crippen molar-refractivity contribution in [3.8, 4) is 0 Å². The van der Waals surface area contributed by atoms with E-state index in [0.29, 0.717) is 12.8 Å². The number of aryl methyl sites for hydroxylation is 2. The minimum atomic E-state index is -1.03. The summed E-state index contributed by atoms with van der Waals surface area (Å²) in [7, 11) is 0. The fourth-order valence-corrected chi connectivity index (χ4v) is 4.27. The van der Waals surface area contributed by atoms with Crippen LogP contribution in [0.1, 0.15) is 44.2 Å². The summed E-state index contributed by atoms with van der Waals surface area (Å²) in [5.41, 5.74) is 0.157. The Morgan fingerprint density at radius 3 is 2.46 bits per heavy atom. The molecule has 0 spiro atoms. The van der Waals surface area contributed by atoms with Gasteiger partial charge in [-0.25, -0.2) is 0 Å². The van der Waals surface area contributed by atoms with Gasteiger partial charge >= 0.3 is 0 Å². The number of nitro benzene ring substituents is 1. The summed E-state index contributed by atoms with van der Waals surface area (Å²) < 4.78 is 0. The van der Waals surface area contributed by atoms with Crippen molar-refractivity contribution in [1.29, 1.82) is 0 Å². The van der Waals surface area contributed by atoms with Crippen LogP contribution >= 0.6 is 0 Å². The first kappa shape index (κ1) is 16.6. The lowest BCUT2D eigenvalue weighted by Crippen LogP contribution is -2.44. The number of carbonyl (C=O) groups is 2. The van der Waals surface area contributed by atoms with Crippen molar-refractivity contribution in [1.82, 2.24) is 0 Å². The molecule has 6 heteroatoms. The smallest absolute Gasteiger partial charge is 0.293 e. The summed E-state index contributed by atoms with van der Waals surface area (Å²) in [6.45, 7) is 7.42. The van der Waals surface area contributed by atoms with Crippen molar-refractivity contribution in [3.05, 3.63) is 33.4 Å². The molecule has 1 aromatic rings. The number of anilines is 1. The molecule has 2 bridgehead atoms. The molecule has 128 valence electrons. The first-order chi connectivity index (χ1) is 11.1. The molecule has 1 N–H and O–H groups in total. The van der Waals surface area contributed by atoms with Gasteiger partial charge in [-0.3, -0.25) is 19.7 Å². The van der Waals surface area contributed by atoms with Crippen LogP contribution in [-0.2, 0) is 9.59 Å². The molecule has 0 heterocycles. The lowest BCUT2D eigenvalue weighted by molar-refractivity contribution is -0.384. The number of benzene rings is 1. The van der Waals surface area contributed by atoms with E-state index in [0.717, 1.165) is 17.5 Å². The van der Waals surface area contributed by atoms with E-state index in [1.54, 1.807) is 13.0 Å². The predicted molar refractivity (Wildman–Crippen MR) is 89.8 cm³/mol. The third-order valence-corrected chi connectivity index (χ3v) is 6.05. The number of amides is 1. The van der Waals surface area contributed by atoms with Gasteiger partial charge in [0, 0.05) is 11.5 Å². The van der Waals surface area contributed by atoms with E-state index in [4.69, 9.17) is 0 Å². The molecule has 2 atom stereocenters. The second-order valence-corrected chi connectivity index (χ2v) is 7.74. The maximum atomic E-state index is 12.9. The molecule has 24 heavy (non-hydrogen) atoms. The highest BCUT2D eigenvalue weighted by Crippen LogP contribution is 2.60. The van der Waals surface area contributed by atoms with Crippen LogP contribution in [0.5, 0.6) is 0 Å². The summed E-state index contributed by atoms with van der Waals surface area (Å²) in [6, 6.07) is 3.07. The summed E-state index contributed by atoms with van der Waals surface area (Å²) in [5, 5.41) is 14.0. The van der Waals surface area contributed by atoms with E-state index < -0.39 is 21.7 Å². The molecule has 0 aliphatic heterocycles. The molecule has 3 rings (SSSR count). The Hall–Kier alpha value is -2.24. The quantitative estimate of drug-likeness (QED) is 0.521. The summed E-state index contributed by atoms with van der Waals surface area (Å²) in [5.74, 6) is -0.215. The van der Waals surface area contributed by atoms with Crippen LogP contribution in [0.3, 0.4) is 0 Å². The zero-order valence-electron chi connectivity index (χ0n) is 14.4. The molecule has 1 aromatic carbocycles. The summed E-state index contributed by atoms with van der Waals surface area (Å²) in [4.78, 5) is 36.5. The highest BCUT2D eigenvalue weighted by Gasteiger charge is 2.65. The monoisotopic (exact) mass is 330 g/mol. The minimum absolute atomic E-state index is 0.0322. The number of carbonyl (C=O) groups excluding carboxylic acids is 2. The molecule has 2 aliphatic rings. The van der Waals surface area contributed by atoms with Gasteiger partial charge in [-0.05, 0) is 56.2 Å². The summed E-state index contributed by atoms with van der Waals surface area (Å²) in [6.07, 6.45) is 1.93. The number of hydrogen-bond acceptors (Lipinski definition) is 4. The van der Waals surface area contributed by atoms with Gasteiger partial charge in [0.25, 0.3) is 5.69 Å². The van der Waals surface area contributed by atoms with Crippen LogP contribution in [-0.4, -0.2) is 16.6 Å². The number of Topliss-reactive ketones (excluding diaryl/α,β-unsaturated/α-hetero) is 1. The Kier molecular flexibility index (Phi) is 3.55. The fraction of sp³-hybridized carbons (Fsp3) is 0.556. The maximum Gasteiger partial charge on any atom is 0.293 e. The van der Waals surface area contributed by atoms with E-state index in [2.05, 4.69) is 5.32 Å². The van der Waals surface area contributed by atoms with Crippen molar-refractivity contribution >= 4 is 23.1 Å². The van der Waals surface area contributed by atoms with Gasteiger partial charge in [0.05, 0.1) is 4.92 Å². The van der Waals surface area contributed by atoms with Crippen molar-refractivity contribution in [2.45, 2.75) is 47.0 Å². The fourth-order valence-electron chi connectivity index (χ4n) is 4.27. The van der Waals surface area contributed by atoms with Crippen LogP contribution < -0.4 is 5.32 Å². The average Bonchev–Trinajstić information content (AvgIpc) is 3.02. The normalized spacial score (nSPS) is 27.3. The second kappa shape index (κ2) is 5.13. The molecule has 2 saturated carbocycles. The average molecular weight is 330 g/mol. The number of nitrogens with one attached hydrogen (secondary N) is 1. The van der Waals surface area contributed by atoms with Gasteiger partial charge in [-0.1, -0.05) is 13.8 Å². The van der Waals surface area contributed by atoms with E-state index in [9.17, 15) is 19.7 Å². The highest BCUT2D eigenvalue weighted by atomic mass is 16.6. The van der Waals surface area contributed by atoms with Crippen LogP contribution in [0.25, 0.3) is 0 Å². The molecular weight excluding hydrogens is 308 g/mol. The van der Waals surface area contributed by atoms with Gasteiger partial charge < -0.3 is 5.32 Å². The molecule has 2 unspecified atom stereocenters. The zero-order chi connectivity index (χ0) is 17.9. The van der Waals surface area contributed by atoms with Gasteiger partial charge in [0.15, 0.2) is 5.78 Å². The number of hydrogen-bond donors (Lipinski definition) is 1. The molecule has 6 nitrogen and oxygen atoms in total. The Morgan fingerprint density at radius 2 is 1.92 bits per heavy atom. The van der Waals surface area contributed by atoms with Crippen molar-refractivity contribution < 1.29 is 14.5 Å². The molecule has 2 aliphatic carbocycles. The standard InChI is InChI=1S/C18H22N2O4/c1-10-7-13(14(20(23)24)8-11(10)2)19-16(22)18-6-5-12(9-18)17(3,4)15(18)21/h7-8,12H,5-6,9H2,1-4H3,(H,19,22). The Balaban J connectivity index is 1.96. The SMILES string of the molecule is Cc1cc(NC(=O)C23CCC(C2)C(C)(C)C3=O)c([N+](=O)[O-])cc1C. The van der Waals surface area contributed by atoms with Crippen molar-refractivity contribution in [2.24, 2.45) is 16.7 Å². The lowest BCUT2D eigenvalue weighted by atomic mass is 9.70. The number of ketones is 1. The highest BCUT2D eigenvalue weighted by molar-refractivity contribution is 6.15. The number of nitro groups is 1. The molecule has 0 aromatic heterocycles. The third kappa shape index (κ3) is 2.16. The number of rotatable bonds is 3. The van der Waals surface area contributed by atoms with Gasteiger partial charge in [-0.2, -0.15) is 0 Å². The van der Waals surface area contributed by atoms with Crippen LogP contribution in [0.2, 0.25) is 0 Å². The minimum Gasteiger partial charge on any atom is -0.319 e. The maximum absolute atomic E-state index is 12.9. The van der Waals surface area contributed by atoms with Gasteiger partial charge in [-0.15, -0.1) is 0 Å². The van der Waals surface area contributed by atoms with Crippen molar-refractivity contribution in [2.75, 3.05) is 5.32 Å². The first-order valence-corrected chi connectivity index (χ1v) is 8.21. The molecule has 2 fully saturated rings. The van der Waals surface area contributed by atoms with Gasteiger partial charge in [0.2, 0.25) is 5.91 Å². The topological polar surface area (TPSA) is 89.3 Å². The van der Waals surface area contributed by atoms with E-state index >= 15 is 0 Å². The predicted octanol–water partition coefficient (Wildman–Crippen LogP) is 3.55. The number of fused-ring (bicyclic) bond motifs is 2. The van der Waals surface area contributed by atoms with Crippen LogP contribution in [0.15, 0.2) is 12.1 Å².